The van der Waals surface area contributed by atoms with Crippen molar-refractivity contribution in [2.75, 3.05) is 11.9 Å². The van der Waals surface area contributed by atoms with E-state index in [2.05, 4.69) is 10.3 Å². The molecule has 0 saturated carbocycles. The molecule has 19 heavy (non-hydrogen) atoms. The second kappa shape index (κ2) is 6.92. The third kappa shape index (κ3) is 4.39. The number of anilines is 1. The fourth-order valence-electron chi connectivity index (χ4n) is 1.53. The van der Waals surface area contributed by atoms with E-state index in [-0.39, 0.29) is 0 Å². The maximum atomic E-state index is 11.1. The van der Waals surface area contributed by atoms with Crippen LogP contribution in [0.3, 0.4) is 0 Å². The van der Waals surface area contributed by atoms with Gasteiger partial charge in [0.15, 0.2) is 0 Å². The van der Waals surface area contributed by atoms with E-state index in [1.54, 1.807) is 24.0 Å². The van der Waals surface area contributed by atoms with Gasteiger partial charge in [-0.3, -0.25) is 4.79 Å². The van der Waals surface area contributed by atoms with E-state index >= 15 is 0 Å². The zero-order valence-corrected chi connectivity index (χ0v) is 11.1. The normalized spacial score (nSPS) is 10.2. The average Bonchev–Trinajstić information content (AvgIpc) is 2.46. The molecule has 0 aliphatic heterocycles. The standard InChI is InChI=1S/C14H14N2O2S/c17-9-13(18)16-12-5-3-4-11(8-12)10-19-14-6-1-2-7-15-14/h1-8,17H,9-10H2,(H,16,18). The number of amides is 1. The minimum absolute atomic E-state index is 0.408. The number of nitrogens with zero attached hydrogens (tertiary/aromatic N) is 1. The van der Waals surface area contributed by atoms with Crippen molar-refractivity contribution in [1.82, 2.24) is 4.98 Å². The summed E-state index contributed by atoms with van der Waals surface area (Å²) in [6.07, 6.45) is 1.76. The molecule has 4 nitrogen and oxygen atoms in total. The molecule has 1 heterocycles. The number of nitrogens with one attached hydrogen (secondary N) is 1. The predicted molar refractivity (Wildman–Crippen MR) is 76.0 cm³/mol. The van der Waals surface area contributed by atoms with Gasteiger partial charge in [-0.15, -0.1) is 11.8 Å². The zero-order chi connectivity index (χ0) is 13.5. The van der Waals surface area contributed by atoms with E-state index in [0.717, 1.165) is 16.3 Å². The van der Waals surface area contributed by atoms with Gasteiger partial charge in [0, 0.05) is 17.6 Å². The summed E-state index contributed by atoms with van der Waals surface area (Å²) < 4.78 is 0. The fourth-order valence-corrected chi connectivity index (χ4v) is 2.33. The van der Waals surface area contributed by atoms with Gasteiger partial charge in [-0.05, 0) is 29.8 Å². The Morgan fingerprint density at radius 3 is 2.89 bits per heavy atom. The van der Waals surface area contributed by atoms with Gasteiger partial charge in [0.25, 0.3) is 0 Å². The first-order chi connectivity index (χ1) is 9.28. The fraction of sp³-hybridized carbons (Fsp3) is 0.143. The minimum Gasteiger partial charge on any atom is -0.387 e. The molecule has 0 bridgehead atoms. The van der Waals surface area contributed by atoms with Crippen molar-refractivity contribution in [3.63, 3.8) is 0 Å². The Hall–Kier alpha value is -1.85. The van der Waals surface area contributed by atoms with Gasteiger partial charge >= 0.3 is 0 Å². The lowest BCUT2D eigenvalue weighted by molar-refractivity contribution is -0.118. The Balaban J connectivity index is 1.97. The van der Waals surface area contributed by atoms with Crippen molar-refractivity contribution in [2.45, 2.75) is 10.8 Å². The number of aliphatic hydroxyl groups is 1. The molecule has 1 amide bonds. The molecule has 0 radical (unpaired) electrons. The topological polar surface area (TPSA) is 62.2 Å². The first-order valence-corrected chi connectivity index (χ1v) is 6.80. The molecule has 0 spiro atoms. The average molecular weight is 274 g/mol. The summed E-state index contributed by atoms with van der Waals surface area (Å²) in [5, 5.41) is 12.3. The molecule has 0 aliphatic rings. The van der Waals surface area contributed by atoms with E-state index in [4.69, 9.17) is 5.11 Å². The highest BCUT2D eigenvalue weighted by molar-refractivity contribution is 7.98. The number of rotatable bonds is 5. The summed E-state index contributed by atoms with van der Waals surface area (Å²) >= 11 is 1.63. The SMILES string of the molecule is O=C(CO)Nc1cccc(CSc2ccccn2)c1. The van der Waals surface area contributed by atoms with Gasteiger partial charge < -0.3 is 10.4 Å². The molecular formula is C14H14N2O2S. The molecule has 98 valence electrons. The molecule has 0 unspecified atom stereocenters. The number of pyridine rings is 1. The highest BCUT2D eigenvalue weighted by Gasteiger charge is 2.02. The van der Waals surface area contributed by atoms with Gasteiger partial charge in [-0.2, -0.15) is 0 Å². The van der Waals surface area contributed by atoms with E-state index < -0.39 is 12.5 Å². The number of aromatic nitrogens is 1. The third-order valence-electron chi connectivity index (χ3n) is 2.38. The number of carbonyl (C=O) groups is 1. The number of benzene rings is 1. The van der Waals surface area contributed by atoms with Crippen LogP contribution in [0.2, 0.25) is 0 Å². The number of hydrogen-bond acceptors (Lipinski definition) is 4. The van der Waals surface area contributed by atoms with Crippen LogP contribution in [0.1, 0.15) is 5.56 Å². The van der Waals surface area contributed by atoms with E-state index in [9.17, 15) is 4.79 Å². The molecule has 0 atom stereocenters. The lowest BCUT2D eigenvalue weighted by Crippen LogP contribution is -2.15. The summed E-state index contributed by atoms with van der Waals surface area (Å²) in [7, 11) is 0. The quantitative estimate of drug-likeness (QED) is 0.821. The largest absolute Gasteiger partial charge is 0.387 e. The Bertz CT molecular complexity index is 546. The van der Waals surface area contributed by atoms with Crippen LogP contribution in [0.25, 0.3) is 0 Å². The van der Waals surface area contributed by atoms with Crippen molar-refractivity contribution in [2.24, 2.45) is 0 Å². The highest BCUT2D eigenvalue weighted by Crippen LogP contribution is 2.21. The summed E-state index contributed by atoms with van der Waals surface area (Å²) in [5.74, 6) is 0.370. The van der Waals surface area contributed by atoms with Crippen molar-refractivity contribution in [3.8, 4) is 0 Å². The summed E-state index contributed by atoms with van der Waals surface area (Å²) in [6, 6.07) is 13.3. The Kier molecular flexibility index (Phi) is 4.94. The van der Waals surface area contributed by atoms with Crippen LogP contribution in [0.5, 0.6) is 0 Å². The molecule has 1 aromatic heterocycles. The van der Waals surface area contributed by atoms with E-state index in [1.165, 1.54) is 0 Å². The van der Waals surface area contributed by atoms with Crippen LogP contribution >= 0.6 is 11.8 Å². The monoisotopic (exact) mass is 274 g/mol. The van der Waals surface area contributed by atoms with Gasteiger partial charge in [-0.25, -0.2) is 4.98 Å². The van der Waals surface area contributed by atoms with Gasteiger partial charge in [-0.1, -0.05) is 18.2 Å². The van der Waals surface area contributed by atoms with Crippen molar-refractivity contribution < 1.29 is 9.90 Å². The second-order valence-corrected chi connectivity index (χ2v) is 4.86. The molecule has 2 N–H and O–H groups in total. The number of carbonyl (C=O) groups excluding carboxylic acids is 1. The van der Waals surface area contributed by atoms with Gasteiger partial charge in [0.2, 0.25) is 5.91 Å². The van der Waals surface area contributed by atoms with Crippen LogP contribution < -0.4 is 5.32 Å². The molecule has 2 rings (SSSR count). The van der Waals surface area contributed by atoms with Crippen molar-refractivity contribution in [3.05, 3.63) is 54.2 Å². The lowest BCUT2D eigenvalue weighted by Gasteiger charge is -2.06. The third-order valence-corrected chi connectivity index (χ3v) is 3.39. The van der Waals surface area contributed by atoms with Crippen LogP contribution in [0, 0.1) is 0 Å². The second-order valence-electron chi connectivity index (χ2n) is 3.86. The number of hydrogen-bond donors (Lipinski definition) is 2. The zero-order valence-electron chi connectivity index (χ0n) is 10.2. The molecule has 0 saturated heterocycles. The summed E-state index contributed by atoms with van der Waals surface area (Å²) in [6.45, 7) is -0.507. The van der Waals surface area contributed by atoms with Crippen LogP contribution in [-0.4, -0.2) is 22.6 Å². The first-order valence-electron chi connectivity index (χ1n) is 5.81. The van der Waals surface area contributed by atoms with Crippen LogP contribution in [-0.2, 0) is 10.5 Å². The van der Waals surface area contributed by atoms with Gasteiger partial charge in [0.05, 0.1) is 5.03 Å². The molecular weight excluding hydrogens is 260 g/mol. The number of aliphatic hydroxyl groups excluding tert-OH is 1. The van der Waals surface area contributed by atoms with Crippen LogP contribution in [0.15, 0.2) is 53.7 Å². The van der Waals surface area contributed by atoms with Crippen LogP contribution in [0.4, 0.5) is 5.69 Å². The van der Waals surface area contributed by atoms with E-state index in [1.807, 2.05) is 36.4 Å². The molecule has 1 aromatic carbocycles. The Morgan fingerprint density at radius 2 is 2.16 bits per heavy atom. The first kappa shape index (κ1) is 13.6. The Labute approximate surface area is 115 Å². The maximum Gasteiger partial charge on any atom is 0.250 e. The minimum atomic E-state index is -0.507. The summed E-state index contributed by atoms with van der Waals surface area (Å²) in [4.78, 5) is 15.3. The predicted octanol–water partition coefficient (Wildman–Crippen LogP) is 2.30. The smallest absolute Gasteiger partial charge is 0.250 e. The van der Waals surface area contributed by atoms with E-state index in [0.29, 0.717) is 5.69 Å². The molecule has 0 fully saturated rings. The summed E-state index contributed by atoms with van der Waals surface area (Å²) in [5.41, 5.74) is 1.78. The molecule has 0 aliphatic carbocycles. The lowest BCUT2D eigenvalue weighted by atomic mass is 10.2. The maximum absolute atomic E-state index is 11.1. The molecule has 5 heteroatoms. The van der Waals surface area contributed by atoms with Crippen molar-refractivity contribution in [1.29, 1.82) is 0 Å². The molecule has 2 aromatic rings. The van der Waals surface area contributed by atoms with Gasteiger partial charge in [0.1, 0.15) is 6.61 Å². The highest BCUT2D eigenvalue weighted by atomic mass is 32.2. The Morgan fingerprint density at radius 1 is 1.26 bits per heavy atom. The van der Waals surface area contributed by atoms with Crippen molar-refractivity contribution >= 4 is 23.4 Å². The number of thioether (sulfide) groups is 1.